The molecule has 0 spiro atoms. The SMILES string of the molecule is Cc1ccc(C(=O)NNC(=O)/C=C/c2cccc(Br)c2)c(C)c1. The van der Waals surface area contributed by atoms with Gasteiger partial charge in [0.05, 0.1) is 0 Å². The standard InChI is InChI=1S/C18H17BrN2O2/c1-12-6-8-16(13(2)10-12)18(23)21-20-17(22)9-7-14-4-3-5-15(19)11-14/h3-11H,1-2H3,(H,20,22)(H,21,23)/b9-7+. The van der Waals surface area contributed by atoms with Gasteiger partial charge in [-0.3, -0.25) is 20.4 Å². The Morgan fingerprint density at radius 1 is 1.04 bits per heavy atom. The summed E-state index contributed by atoms with van der Waals surface area (Å²) in [5, 5.41) is 0. The Balaban J connectivity index is 1.92. The molecule has 0 saturated heterocycles. The first-order valence-electron chi connectivity index (χ1n) is 7.07. The van der Waals surface area contributed by atoms with E-state index in [1.54, 1.807) is 12.1 Å². The lowest BCUT2D eigenvalue weighted by molar-refractivity contribution is -0.117. The predicted octanol–water partition coefficient (Wildman–Crippen LogP) is 3.54. The van der Waals surface area contributed by atoms with Crippen LogP contribution in [0.2, 0.25) is 0 Å². The summed E-state index contributed by atoms with van der Waals surface area (Å²) in [6.45, 7) is 3.82. The molecule has 2 amide bonds. The summed E-state index contributed by atoms with van der Waals surface area (Å²) >= 11 is 3.37. The molecule has 0 aliphatic rings. The summed E-state index contributed by atoms with van der Waals surface area (Å²) < 4.78 is 0.934. The Hall–Kier alpha value is -2.40. The molecule has 0 radical (unpaired) electrons. The highest BCUT2D eigenvalue weighted by Crippen LogP contribution is 2.12. The summed E-state index contributed by atoms with van der Waals surface area (Å²) in [6.07, 6.45) is 3.04. The predicted molar refractivity (Wildman–Crippen MR) is 94.7 cm³/mol. The average Bonchev–Trinajstić information content (AvgIpc) is 2.50. The van der Waals surface area contributed by atoms with Gasteiger partial charge in [0.2, 0.25) is 0 Å². The number of rotatable bonds is 3. The zero-order valence-electron chi connectivity index (χ0n) is 12.9. The molecule has 0 atom stereocenters. The van der Waals surface area contributed by atoms with Crippen molar-refractivity contribution >= 4 is 33.8 Å². The summed E-state index contributed by atoms with van der Waals surface area (Å²) in [4.78, 5) is 23.8. The number of amides is 2. The van der Waals surface area contributed by atoms with E-state index in [1.807, 2.05) is 50.2 Å². The Labute approximate surface area is 143 Å². The third kappa shape index (κ3) is 5.07. The summed E-state index contributed by atoms with van der Waals surface area (Å²) in [5.74, 6) is -0.741. The number of hydrogen-bond donors (Lipinski definition) is 2. The molecule has 4 nitrogen and oxygen atoms in total. The van der Waals surface area contributed by atoms with Crippen molar-refractivity contribution in [2.24, 2.45) is 0 Å². The quantitative estimate of drug-likeness (QED) is 0.639. The first kappa shape index (κ1) is 17.0. The van der Waals surface area contributed by atoms with Crippen LogP contribution in [0.3, 0.4) is 0 Å². The average molecular weight is 373 g/mol. The van der Waals surface area contributed by atoms with Crippen molar-refractivity contribution in [2.45, 2.75) is 13.8 Å². The third-order valence-corrected chi connectivity index (χ3v) is 3.69. The Morgan fingerprint density at radius 2 is 1.83 bits per heavy atom. The number of halogens is 1. The number of benzene rings is 2. The van der Waals surface area contributed by atoms with E-state index in [-0.39, 0.29) is 5.91 Å². The van der Waals surface area contributed by atoms with Crippen molar-refractivity contribution in [3.8, 4) is 0 Å². The lowest BCUT2D eigenvalue weighted by atomic mass is 10.1. The number of aryl methyl sites for hydroxylation is 2. The number of hydrazine groups is 1. The molecule has 2 aromatic carbocycles. The minimum Gasteiger partial charge on any atom is -0.268 e. The Morgan fingerprint density at radius 3 is 2.52 bits per heavy atom. The number of nitrogens with one attached hydrogen (secondary N) is 2. The van der Waals surface area contributed by atoms with E-state index >= 15 is 0 Å². The minimum atomic E-state index is -0.400. The Kier molecular flexibility index (Phi) is 5.71. The van der Waals surface area contributed by atoms with E-state index in [0.717, 1.165) is 21.2 Å². The molecule has 0 aliphatic carbocycles. The number of carbonyl (C=O) groups is 2. The number of hydrogen-bond acceptors (Lipinski definition) is 2. The largest absolute Gasteiger partial charge is 0.269 e. The van der Waals surface area contributed by atoms with Gasteiger partial charge < -0.3 is 0 Å². The normalized spacial score (nSPS) is 10.6. The first-order chi connectivity index (χ1) is 11.0. The molecule has 0 aromatic heterocycles. The molecule has 118 valence electrons. The maximum absolute atomic E-state index is 12.0. The van der Waals surface area contributed by atoms with Gasteiger partial charge in [0.15, 0.2) is 0 Å². The molecule has 0 unspecified atom stereocenters. The van der Waals surface area contributed by atoms with Crippen LogP contribution in [-0.4, -0.2) is 11.8 Å². The van der Waals surface area contributed by atoms with Gasteiger partial charge in [-0.15, -0.1) is 0 Å². The minimum absolute atomic E-state index is 0.341. The van der Waals surface area contributed by atoms with E-state index in [2.05, 4.69) is 26.8 Å². The maximum atomic E-state index is 12.0. The van der Waals surface area contributed by atoms with Gasteiger partial charge >= 0.3 is 0 Å². The van der Waals surface area contributed by atoms with Gasteiger partial charge in [-0.05, 0) is 49.2 Å². The molecule has 5 heteroatoms. The van der Waals surface area contributed by atoms with Crippen molar-refractivity contribution in [3.63, 3.8) is 0 Å². The molecular formula is C18H17BrN2O2. The smallest absolute Gasteiger partial charge is 0.268 e. The second-order valence-electron chi connectivity index (χ2n) is 5.15. The van der Waals surface area contributed by atoms with Crippen LogP contribution in [0, 0.1) is 13.8 Å². The molecule has 0 saturated carbocycles. The van der Waals surface area contributed by atoms with E-state index < -0.39 is 5.91 Å². The highest BCUT2D eigenvalue weighted by Gasteiger charge is 2.09. The molecule has 2 aromatic rings. The van der Waals surface area contributed by atoms with Gasteiger partial charge in [-0.2, -0.15) is 0 Å². The molecule has 2 N–H and O–H groups in total. The molecule has 2 rings (SSSR count). The van der Waals surface area contributed by atoms with Crippen molar-refractivity contribution in [1.82, 2.24) is 10.9 Å². The van der Waals surface area contributed by atoms with E-state index in [1.165, 1.54) is 6.08 Å². The van der Waals surface area contributed by atoms with E-state index in [0.29, 0.717) is 5.56 Å². The topological polar surface area (TPSA) is 58.2 Å². The highest BCUT2D eigenvalue weighted by atomic mass is 79.9. The van der Waals surface area contributed by atoms with Crippen LogP contribution < -0.4 is 10.9 Å². The Bertz CT molecular complexity index is 769. The van der Waals surface area contributed by atoms with Crippen molar-refractivity contribution in [2.75, 3.05) is 0 Å². The number of carbonyl (C=O) groups excluding carboxylic acids is 2. The molecule has 0 bridgehead atoms. The monoisotopic (exact) mass is 372 g/mol. The van der Waals surface area contributed by atoms with Gasteiger partial charge in [0, 0.05) is 16.1 Å². The van der Waals surface area contributed by atoms with Crippen LogP contribution in [0.1, 0.15) is 27.0 Å². The van der Waals surface area contributed by atoms with E-state index in [4.69, 9.17) is 0 Å². The second-order valence-corrected chi connectivity index (χ2v) is 6.07. The molecular weight excluding hydrogens is 356 g/mol. The lowest BCUT2D eigenvalue weighted by Gasteiger charge is -2.08. The summed E-state index contributed by atoms with van der Waals surface area (Å²) in [5.41, 5.74) is 8.14. The van der Waals surface area contributed by atoms with Crippen molar-refractivity contribution in [1.29, 1.82) is 0 Å². The van der Waals surface area contributed by atoms with Crippen molar-refractivity contribution < 1.29 is 9.59 Å². The van der Waals surface area contributed by atoms with Crippen LogP contribution in [-0.2, 0) is 4.79 Å². The van der Waals surface area contributed by atoms with Gasteiger partial charge in [0.25, 0.3) is 11.8 Å². The molecule has 0 aliphatic heterocycles. The van der Waals surface area contributed by atoms with Crippen molar-refractivity contribution in [3.05, 3.63) is 75.3 Å². The third-order valence-electron chi connectivity index (χ3n) is 3.20. The van der Waals surface area contributed by atoms with Crippen LogP contribution >= 0.6 is 15.9 Å². The fraction of sp³-hybridized carbons (Fsp3) is 0.111. The fourth-order valence-corrected chi connectivity index (χ4v) is 2.49. The molecule has 0 fully saturated rings. The van der Waals surface area contributed by atoms with E-state index in [9.17, 15) is 9.59 Å². The van der Waals surface area contributed by atoms with Crippen LogP contribution in [0.15, 0.2) is 53.0 Å². The lowest BCUT2D eigenvalue weighted by Crippen LogP contribution is -2.41. The zero-order valence-corrected chi connectivity index (χ0v) is 14.5. The second kappa shape index (κ2) is 7.74. The maximum Gasteiger partial charge on any atom is 0.269 e. The highest BCUT2D eigenvalue weighted by molar-refractivity contribution is 9.10. The molecule has 23 heavy (non-hydrogen) atoms. The fourth-order valence-electron chi connectivity index (χ4n) is 2.08. The zero-order chi connectivity index (χ0) is 16.8. The van der Waals surface area contributed by atoms with Gasteiger partial charge in [-0.1, -0.05) is 45.8 Å². The summed E-state index contributed by atoms with van der Waals surface area (Å²) in [7, 11) is 0. The van der Waals surface area contributed by atoms with Crippen LogP contribution in [0.5, 0.6) is 0 Å². The van der Waals surface area contributed by atoms with Gasteiger partial charge in [0.1, 0.15) is 0 Å². The van der Waals surface area contributed by atoms with Crippen LogP contribution in [0.4, 0.5) is 0 Å². The first-order valence-corrected chi connectivity index (χ1v) is 7.86. The van der Waals surface area contributed by atoms with Gasteiger partial charge in [-0.25, -0.2) is 0 Å². The summed E-state index contributed by atoms with van der Waals surface area (Å²) in [6, 6.07) is 13.1. The molecule has 0 heterocycles. The van der Waals surface area contributed by atoms with Crippen LogP contribution in [0.25, 0.3) is 6.08 Å².